The molecule has 0 aromatic heterocycles. The van der Waals surface area contributed by atoms with E-state index in [1.165, 1.54) is 0 Å². The third-order valence-electron chi connectivity index (χ3n) is 1.30. The van der Waals surface area contributed by atoms with Crippen molar-refractivity contribution in [2.75, 3.05) is 13.1 Å². The summed E-state index contributed by atoms with van der Waals surface area (Å²) in [5.74, 6) is -0.804. The van der Waals surface area contributed by atoms with Gasteiger partial charge in [-0.25, -0.2) is 4.79 Å². The Morgan fingerprint density at radius 1 is 1.70 bits per heavy atom. The first-order valence-corrected chi connectivity index (χ1v) is 2.94. The first-order valence-electron chi connectivity index (χ1n) is 2.94. The minimum atomic E-state index is -0.804. The van der Waals surface area contributed by atoms with E-state index >= 15 is 0 Å². The lowest BCUT2D eigenvalue weighted by molar-refractivity contribution is -0.132. The Hall–Kier alpha value is -0.540. The van der Waals surface area contributed by atoms with Crippen molar-refractivity contribution in [1.82, 2.24) is 5.32 Å². The molecule has 2 N–H and O–H groups in total. The van der Waals surface area contributed by atoms with E-state index in [9.17, 15) is 4.79 Å². The molecule has 0 spiro atoms. The summed E-state index contributed by atoms with van der Waals surface area (Å²) in [7, 11) is 0. The maximum atomic E-state index is 10.2. The van der Waals surface area contributed by atoms with E-state index in [0.717, 1.165) is 13.0 Å². The van der Waals surface area contributed by atoms with Crippen LogP contribution in [0.2, 0.25) is 0 Å². The molecular weight excluding hydrogens is 154 g/mol. The highest BCUT2D eigenvalue weighted by atomic mass is 35.5. The van der Waals surface area contributed by atoms with Gasteiger partial charge in [-0.1, -0.05) is 6.08 Å². The van der Waals surface area contributed by atoms with E-state index in [4.69, 9.17) is 5.11 Å². The van der Waals surface area contributed by atoms with Crippen LogP contribution in [0.1, 0.15) is 6.42 Å². The minimum absolute atomic E-state index is 0. The van der Waals surface area contributed by atoms with Gasteiger partial charge in [0.05, 0.1) is 0 Å². The van der Waals surface area contributed by atoms with Crippen LogP contribution in [0.25, 0.3) is 0 Å². The Labute approximate surface area is 65.5 Å². The van der Waals surface area contributed by atoms with E-state index in [-0.39, 0.29) is 12.4 Å². The van der Waals surface area contributed by atoms with Crippen molar-refractivity contribution in [2.45, 2.75) is 6.42 Å². The zero-order chi connectivity index (χ0) is 6.69. The molecule has 4 heteroatoms. The van der Waals surface area contributed by atoms with Gasteiger partial charge >= 0.3 is 5.97 Å². The molecular formula is C6H10ClNO2. The molecule has 0 radical (unpaired) electrons. The predicted molar refractivity (Wildman–Crippen MR) is 40.5 cm³/mol. The maximum absolute atomic E-state index is 10.2. The topological polar surface area (TPSA) is 49.3 Å². The summed E-state index contributed by atoms with van der Waals surface area (Å²) in [6.45, 7) is 1.41. The lowest BCUT2D eigenvalue weighted by Gasteiger charge is -2.09. The molecule has 0 aromatic rings. The Morgan fingerprint density at radius 3 is 2.70 bits per heavy atom. The van der Waals surface area contributed by atoms with Crippen molar-refractivity contribution in [2.24, 2.45) is 0 Å². The van der Waals surface area contributed by atoms with Crippen molar-refractivity contribution >= 4 is 18.4 Å². The molecule has 3 nitrogen and oxygen atoms in total. The number of hydrogen-bond donors (Lipinski definition) is 2. The van der Waals surface area contributed by atoms with Crippen molar-refractivity contribution in [3.63, 3.8) is 0 Å². The number of aliphatic carboxylic acids is 1. The van der Waals surface area contributed by atoms with E-state index in [0.29, 0.717) is 12.1 Å². The molecule has 0 bridgehead atoms. The molecule has 0 unspecified atom stereocenters. The monoisotopic (exact) mass is 163 g/mol. The quantitative estimate of drug-likeness (QED) is 0.589. The second-order valence-electron chi connectivity index (χ2n) is 2.00. The fourth-order valence-electron chi connectivity index (χ4n) is 0.807. The first kappa shape index (κ1) is 9.46. The summed E-state index contributed by atoms with van der Waals surface area (Å²) in [6, 6.07) is 0. The van der Waals surface area contributed by atoms with Crippen molar-refractivity contribution in [1.29, 1.82) is 0 Å². The summed E-state index contributed by atoms with van der Waals surface area (Å²) in [4.78, 5) is 10.2. The first-order chi connectivity index (χ1) is 4.30. The van der Waals surface area contributed by atoms with E-state index in [2.05, 4.69) is 5.32 Å². The van der Waals surface area contributed by atoms with Crippen LogP contribution in [0.5, 0.6) is 0 Å². The molecule has 0 aromatic carbocycles. The molecule has 0 saturated heterocycles. The number of carboxylic acid groups (broad SMARTS) is 1. The Balaban J connectivity index is 0.000000810. The molecule has 0 amide bonds. The van der Waals surface area contributed by atoms with Gasteiger partial charge in [-0.05, 0) is 13.0 Å². The zero-order valence-electron chi connectivity index (χ0n) is 5.46. The van der Waals surface area contributed by atoms with Crippen LogP contribution >= 0.6 is 12.4 Å². The van der Waals surface area contributed by atoms with Crippen LogP contribution in [0, 0.1) is 0 Å². The van der Waals surface area contributed by atoms with Crippen LogP contribution < -0.4 is 5.32 Å². The normalized spacial score (nSPS) is 17.0. The second kappa shape index (κ2) is 4.30. The van der Waals surface area contributed by atoms with Crippen molar-refractivity contribution < 1.29 is 9.90 Å². The van der Waals surface area contributed by atoms with Crippen molar-refractivity contribution in [3.05, 3.63) is 11.6 Å². The molecule has 0 saturated carbocycles. The number of halogens is 1. The molecule has 0 aliphatic carbocycles. The predicted octanol–water partition coefficient (Wildman–Crippen LogP) is 0.412. The molecule has 1 rings (SSSR count). The maximum Gasteiger partial charge on any atom is 0.332 e. The zero-order valence-corrected chi connectivity index (χ0v) is 6.28. The second-order valence-corrected chi connectivity index (χ2v) is 2.00. The van der Waals surface area contributed by atoms with Gasteiger partial charge in [0.15, 0.2) is 0 Å². The van der Waals surface area contributed by atoms with Gasteiger partial charge in [0.2, 0.25) is 0 Å². The van der Waals surface area contributed by atoms with Crippen LogP contribution in [0.3, 0.4) is 0 Å². The van der Waals surface area contributed by atoms with Crippen LogP contribution in [0.4, 0.5) is 0 Å². The van der Waals surface area contributed by atoms with Crippen LogP contribution in [-0.2, 0) is 4.79 Å². The summed E-state index contributed by atoms with van der Waals surface area (Å²) in [6.07, 6.45) is 2.60. The smallest absolute Gasteiger partial charge is 0.332 e. The van der Waals surface area contributed by atoms with Gasteiger partial charge in [-0.15, -0.1) is 12.4 Å². The molecule has 1 heterocycles. The molecule has 0 fully saturated rings. The number of nitrogens with one attached hydrogen (secondary N) is 1. The highest BCUT2D eigenvalue weighted by Crippen LogP contribution is 1.99. The van der Waals surface area contributed by atoms with E-state index < -0.39 is 5.97 Å². The Bertz CT molecular complexity index is 156. The van der Waals surface area contributed by atoms with Crippen LogP contribution in [0.15, 0.2) is 11.6 Å². The van der Waals surface area contributed by atoms with Gasteiger partial charge in [-0.2, -0.15) is 0 Å². The van der Waals surface area contributed by atoms with E-state index in [1.807, 2.05) is 0 Å². The van der Waals surface area contributed by atoms with Gasteiger partial charge < -0.3 is 10.4 Å². The summed E-state index contributed by atoms with van der Waals surface area (Å²) < 4.78 is 0. The average molecular weight is 164 g/mol. The molecule has 58 valence electrons. The fourth-order valence-corrected chi connectivity index (χ4v) is 0.807. The minimum Gasteiger partial charge on any atom is -0.478 e. The Morgan fingerprint density at radius 2 is 2.40 bits per heavy atom. The number of rotatable bonds is 1. The van der Waals surface area contributed by atoms with Crippen LogP contribution in [-0.4, -0.2) is 24.2 Å². The standard InChI is InChI=1S/C6H9NO2.ClH/c8-6(9)5-2-1-3-7-4-5;/h2,7H,1,3-4H2,(H,8,9);1H. The van der Waals surface area contributed by atoms with Gasteiger partial charge in [0, 0.05) is 12.1 Å². The summed E-state index contributed by atoms with van der Waals surface area (Å²) in [5, 5.41) is 11.4. The third-order valence-corrected chi connectivity index (χ3v) is 1.30. The van der Waals surface area contributed by atoms with Gasteiger partial charge in [0.1, 0.15) is 0 Å². The fraction of sp³-hybridized carbons (Fsp3) is 0.500. The molecule has 10 heavy (non-hydrogen) atoms. The number of hydrogen-bond acceptors (Lipinski definition) is 2. The molecule has 0 atom stereocenters. The van der Waals surface area contributed by atoms with Crippen molar-refractivity contribution in [3.8, 4) is 0 Å². The van der Waals surface area contributed by atoms with E-state index in [1.54, 1.807) is 6.08 Å². The summed E-state index contributed by atoms with van der Waals surface area (Å²) >= 11 is 0. The lowest BCUT2D eigenvalue weighted by Crippen LogP contribution is -2.25. The SMILES string of the molecule is Cl.O=C(O)C1=CCCNC1. The lowest BCUT2D eigenvalue weighted by atomic mass is 10.1. The molecule has 1 aliphatic heterocycles. The highest BCUT2D eigenvalue weighted by molar-refractivity contribution is 5.87. The van der Waals surface area contributed by atoms with Gasteiger partial charge in [0.25, 0.3) is 0 Å². The van der Waals surface area contributed by atoms with Gasteiger partial charge in [-0.3, -0.25) is 0 Å². The molecule has 1 aliphatic rings. The average Bonchev–Trinajstić information content (AvgIpc) is 1.90. The largest absolute Gasteiger partial charge is 0.478 e. The number of carboxylic acids is 1. The highest BCUT2D eigenvalue weighted by Gasteiger charge is 2.08. The Kier molecular flexibility index (Phi) is 4.07. The summed E-state index contributed by atoms with van der Waals surface area (Å²) in [5.41, 5.74) is 0.487. The third kappa shape index (κ3) is 2.37. The number of carbonyl (C=O) groups is 1.